The number of aromatic nitrogens is 2. The number of ether oxygens (including phenoxy) is 2. The van der Waals surface area contributed by atoms with Crippen LogP contribution in [0.2, 0.25) is 5.02 Å². The Morgan fingerprint density at radius 3 is 2.86 bits per heavy atom. The molecule has 122 valence electrons. The monoisotopic (exact) mass is 327 g/mol. The van der Waals surface area contributed by atoms with Crippen LogP contribution in [0.5, 0.6) is 5.88 Å². The van der Waals surface area contributed by atoms with Crippen molar-refractivity contribution in [1.82, 2.24) is 14.9 Å². The van der Waals surface area contributed by atoms with Crippen molar-refractivity contribution in [1.29, 1.82) is 0 Å². The lowest BCUT2D eigenvalue weighted by Crippen LogP contribution is -2.35. The molecule has 1 saturated heterocycles. The second-order valence-electron chi connectivity index (χ2n) is 6.43. The summed E-state index contributed by atoms with van der Waals surface area (Å²) in [7, 11) is 1.53. The summed E-state index contributed by atoms with van der Waals surface area (Å²) in [6.07, 6.45) is 2.88. The van der Waals surface area contributed by atoms with Gasteiger partial charge in [-0.2, -0.15) is 4.98 Å². The van der Waals surface area contributed by atoms with Gasteiger partial charge in [-0.25, -0.2) is 9.78 Å². The van der Waals surface area contributed by atoms with Crippen molar-refractivity contribution in [2.24, 2.45) is 5.92 Å². The Morgan fingerprint density at radius 2 is 2.23 bits per heavy atom. The average Bonchev–Trinajstić information content (AvgIpc) is 2.87. The topological polar surface area (TPSA) is 64.5 Å². The molecule has 1 aromatic rings. The second-order valence-corrected chi connectivity index (χ2v) is 6.84. The summed E-state index contributed by atoms with van der Waals surface area (Å²) < 4.78 is 10.5. The highest BCUT2D eigenvalue weighted by molar-refractivity contribution is 6.31. The summed E-state index contributed by atoms with van der Waals surface area (Å²) in [5.74, 6) is 1.38. The molecule has 1 atom stereocenters. The van der Waals surface area contributed by atoms with Crippen molar-refractivity contribution in [3.05, 3.63) is 17.0 Å². The van der Waals surface area contributed by atoms with Crippen LogP contribution in [0.25, 0.3) is 0 Å². The Hall–Kier alpha value is -1.56. The second kappa shape index (κ2) is 6.69. The first-order valence-corrected chi connectivity index (χ1v) is 7.69. The zero-order valence-corrected chi connectivity index (χ0v) is 14.2. The van der Waals surface area contributed by atoms with Crippen molar-refractivity contribution in [3.63, 3.8) is 0 Å². The Labute approximate surface area is 135 Å². The predicted octanol–water partition coefficient (Wildman–Crippen LogP) is 2.94. The summed E-state index contributed by atoms with van der Waals surface area (Å²) in [5, 5.41) is 0.396. The SMILES string of the molecule is COc1nc(CC2CCN(C(=O)OC(C)(C)C)C2)ncc1Cl. The molecule has 0 aromatic carbocycles. The van der Waals surface area contributed by atoms with Crippen LogP contribution in [0.3, 0.4) is 0 Å². The van der Waals surface area contributed by atoms with Gasteiger partial charge in [0, 0.05) is 19.5 Å². The Kier molecular flexibility index (Phi) is 5.11. The maximum Gasteiger partial charge on any atom is 0.410 e. The number of nitrogens with zero attached hydrogens (tertiary/aromatic N) is 3. The van der Waals surface area contributed by atoms with Gasteiger partial charge in [-0.3, -0.25) is 0 Å². The van der Waals surface area contributed by atoms with E-state index >= 15 is 0 Å². The quantitative estimate of drug-likeness (QED) is 0.854. The van der Waals surface area contributed by atoms with Gasteiger partial charge in [0.2, 0.25) is 5.88 Å². The number of carbonyl (C=O) groups excluding carboxylic acids is 1. The van der Waals surface area contributed by atoms with E-state index in [1.165, 1.54) is 7.11 Å². The fourth-order valence-corrected chi connectivity index (χ4v) is 2.55. The van der Waals surface area contributed by atoms with Crippen LogP contribution in [0.4, 0.5) is 4.79 Å². The summed E-state index contributed by atoms with van der Waals surface area (Å²) in [4.78, 5) is 22.3. The molecule has 2 heterocycles. The van der Waals surface area contributed by atoms with Crippen molar-refractivity contribution >= 4 is 17.7 Å². The van der Waals surface area contributed by atoms with Gasteiger partial charge >= 0.3 is 6.09 Å². The highest BCUT2D eigenvalue weighted by Gasteiger charge is 2.30. The van der Waals surface area contributed by atoms with Crippen molar-refractivity contribution in [3.8, 4) is 5.88 Å². The Morgan fingerprint density at radius 1 is 1.50 bits per heavy atom. The van der Waals surface area contributed by atoms with Gasteiger partial charge in [0.05, 0.1) is 13.3 Å². The molecule has 6 nitrogen and oxygen atoms in total. The smallest absolute Gasteiger partial charge is 0.410 e. The standard InChI is InChI=1S/C15H22ClN3O3/c1-15(2,3)22-14(20)19-6-5-10(9-19)7-12-17-8-11(16)13(18-12)21-4/h8,10H,5-7,9H2,1-4H3. The van der Waals surface area contributed by atoms with Crippen LogP contribution in [-0.4, -0.2) is 46.8 Å². The summed E-state index contributed by atoms with van der Waals surface area (Å²) >= 11 is 5.92. The zero-order valence-electron chi connectivity index (χ0n) is 13.4. The number of carbonyl (C=O) groups is 1. The third-order valence-corrected chi connectivity index (χ3v) is 3.62. The maximum atomic E-state index is 12.0. The molecule has 2 rings (SSSR count). The molecule has 0 bridgehead atoms. The number of methoxy groups -OCH3 is 1. The zero-order chi connectivity index (χ0) is 16.3. The first-order chi connectivity index (χ1) is 10.3. The van der Waals surface area contributed by atoms with Crippen molar-refractivity contribution in [2.75, 3.05) is 20.2 Å². The van der Waals surface area contributed by atoms with Crippen LogP contribution < -0.4 is 4.74 Å². The Bertz CT molecular complexity index is 545. The van der Waals surface area contributed by atoms with Crippen LogP contribution >= 0.6 is 11.6 Å². The molecule has 1 aromatic heterocycles. The molecule has 1 aliphatic rings. The lowest BCUT2D eigenvalue weighted by Gasteiger charge is -2.24. The maximum absolute atomic E-state index is 12.0. The van der Waals surface area contributed by atoms with E-state index < -0.39 is 5.60 Å². The van der Waals surface area contributed by atoms with Gasteiger partial charge in [-0.1, -0.05) is 11.6 Å². The molecule has 0 saturated carbocycles. The molecule has 1 unspecified atom stereocenters. The molecular formula is C15H22ClN3O3. The molecule has 22 heavy (non-hydrogen) atoms. The molecule has 0 aliphatic carbocycles. The first kappa shape index (κ1) is 16.8. The van der Waals surface area contributed by atoms with E-state index in [1.54, 1.807) is 11.1 Å². The normalized spacial score (nSPS) is 18.4. The third kappa shape index (κ3) is 4.47. The largest absolute Gasteiger partial charge is 0.480 e. The average molecular weight is 328 g/mol. The van der Waals surface area contributed by atoms with Gasteiger partial charge in [-0.05, 0) is 33.1 Å². The fourth-order valence-electron chi connectivity index (χ4n) is 2.38. The molecular weight excluding hydrogens is 306 g/mol. The van der Waals surface area contributed by atoms with Crippen LogP contribution in [-0.2, 0) is 11.2 Å². The lowest BCUT2D eigenvalue weighted by atomic mass is 10.0. The lowest BCUT2D eigenvalue weighted by molar-refractivity contribution is 0.0288. The highest BCUT2D eigenvalue weighted by Crippen LogP contribution is 2.24. The third-order valence-electron chi connectivity index (χ3n) is 3.36. The molecule has 1 fully saturated rings. The van der Waals surface area contributed by atoms with E-state index in [-0.39, 0.29) is 6.09 Å². The summed E-state index contributed by atoms with van der Waals surface area (Å²) in [5.41, 5.74) is -0.470. The van der Waals surface area contributed by atoms with Crippen LogP contribution in [0, 0.1) is 5.92 Å². The summed E-state index contributed by atoms with van der Waals surface area (Å²) in [6.45, 7) is 6.96. The molecule has 1 aliphatic heterocycles. The van der Waals surface area contributed by atoms with E-state index in [0.717, 1.165) is 6.42 Å². The predicted molar refractivity (Wildman–Crippen MR) is 83.2 cm³/mol. The van der Waals surface area contributed by atoms with Gasteiger partial charge in [0.25, 0.3) is 0 Å². The first-order valence-electron chi connectivity index (χ1n) is 7.32. The van der Waals surface area contributed by atoms with E-state index in [4.69, 9.17) is 21.1 Å². The van der Waals surface area contributed by atoms with E-state index in [0.29, 0.717) is 42.2 Å². The van der Waals surface area contributed by atoms with Gasteiger partial charge in [0.1, 0.15) is 16.4 Å². The number of hydrogen-bond acceptors (Lipinski definition) is 5. The van der Waals surface area contributed by atoms with Crippen LogP contribution in [0.15, 0.2) is 6.20 Å². The molecule has 1 amide bonds. The van der Waals surface area contributed by atoms with E-state index in [9.17, 15) is 4.79 Å². The minimum atomic E-state index is -0.470. The van der Waals surface area contributed by atoms with Crippen LogP contribution in [0.1, 0.15) is 33.0 Å². The number of hydrogen-bond donors (Lipinski definition) is 0. The number of halogens is 1. The Balaban J connectivity index is 1.92. The minimum Gasteiger partial charge on any atom is -0.480 e. The van der Waals surface area contributed by atoms with E-state index in [2.05, 4.69) is 9.97 Å². The van der Waals surface area contributed by atoms with E-state index in [1.807, 2.05) is 20.8 Å². The minimum absolute atomic E-state index is 0.260. The number of likely N-dealkylation sites (tertiary alicyclic amines) is 1. The molecule has 0 N–H and O–H groups in total. The fraction of sp³-hybridized carbons (Fsp3) is 0.667. The highest BCUT2D eigenvalue weighted by atomic mass is 35.5. The number of amides is 1. The van der Waals surface area contributed by atoms with Crippen molar-refractivity contribution in [2.45, 2.75) is 39.2 Å². The van der Waals surface area contributed by atoms with Gasteiger partial charge in [0.15, 0.2) is 0 Å². The summed E-state index contributed by atoms with van der Waals surface area (Å²) in [6, 6.07) is 0. The molecule has 0 spiro atoms. The molecule has 7 heteroatoms. The van der Waals surface area contributed by atoms with Gasteiger partial charge < -0.3 is 14.4 Å². The van der Waals surface area contributed by atoms with Gasteiger partial charge in [-0.15, -0.1) is 0 Å². The van der Waals surface area contributed by atoms with Crippen molar-refractivity contribution < 1.29 is 14.3 Å². The molecule has 0 radical (unpaired) electrons. The number of rotatable bonds is 3.